The first kappa shape index (κ1) is 15.6. The molecule has 3 aromatic heterocycles. The van der Waals surface area contributed by atoms with E-state index in [1.54, 1.807) is 15.6 Å². The van der Waals surface area contributed by atoms with E-state index < -0.39 is 0 Å². The molecule has 0 aliphatic heterocycles. The van der Waals surface area contributed by atoms with Gasteiger partial charge in [0.1, 0.15) is 11.6 Å². The normalized spacial score (nSPS) is 11.2. The number of nitrogens with one attached hydrogen (secondary N) is 1. The van der Waals surface area contributed by atoms with E-state index in [0.29, 0.717) is 17.4 Å². The number of rotatable bonds is 4. The predicted octanol–water partition coefficient (Wildman–Crippen LogP) is 3.12. The summed E-state index contributed by atoms with van der Waals surface area (Å²) in [6.45, 7) is 2.49. The van der Waals surface area contributed by atoms with Crippen molar-refractivity contribution in [1.82, 2.24) is 29.5 Å². The Morgan fingerprint density at radius 1 is 1.16 bits per heavy atom. The molecule has 4 rings (SSSR count). The molecule has 8 heteroatoms. The largest absolute Gasteiger partial charge is 0.365 e. The number of aryl methyl sites for hydroxylation is 2. The van der Waals surface area contributed by atoms with Crippen molar-refractivity contribution in [3.8, 4) is 5.69 Å². The van der Waals surface area contributed by atoms with Gasteiger partial charge in [-0.2, -0.15) is 10.2 Å². The Labute approximate surface area is 149 Å². The molecule has 0 fully saturated rings. The van der Waals surface area contributed by atoms with Crippen LogP contribution in [0.3, 0.4) is 0 Å². The van der Waals surface area contributed by atoms with E-state index in [9.17, 15) is 0 Å². The number of hydrogen-bond donors (Lipinski definition) is 1. The summed E-state index contributed by atoms with van der Waals surface area (Å²) in [4.78, 5) is 9.07. The Morgan fingerprint density at radius 2 is 2.04 bits per heavy atom. The van der Waals surface area contributed by atoms with Crippen molar-refractivity contribution in [3.63, 3.8) is 0 Å². The third-order valence-electron chi connectivity index (χ3n) is 3.81. The van der Waals surface area contributed by atoms with Crippen LogP contribution in [-0.2, 0) is 13.6 Å². The lowest BCUT2D eigenvalue weighted by molar-refractivity contribution is 0.767. The minimum Gasteiger partial charge on any atom is -0.365 e. The molecule has 0 saturated carbocycles. The van der Waals surface area contributed by atoms with Gasteiger partial charge in [0.2, 0.25) is 0 Å². The number of fused-ring (bicyclic) bond motifs is 1. The summed E-state index contributed by atoms with van der Waals surface area (Å²) in [5, 5.41) is 13.5. The zero-order chi connectivity index (χ0) is 17.4. The third kappa shape index (κ3) is 3.06. The minimum atomic E-state index is 0.627. The third-order valence-corrected chi connectivity index (χ3v) is 4.05. The van der Waals surface area contributed by atoms with Crippen molar-refractivity contribution >= 4 is 28.5 Å². The SMILES string of the molecule is Cc1nc(NCc2cnn(C)c2)c2cnn(-c3cccc(Cl)c3)c2n1. The summed E-state index contributed by atoms with van der Waals surface area (Å²) in [6, 6.07) is 7.52. The number of benzene rings is 1. The second-order valence-corrected chi connectivity index (χ2v) is 6.21. The van der Waals surface area contributed by atoms with E-state index >= 15 is 0 Å². The molecule has 3 heterocycles. The predicted molar refractivity (Wildman–Crippen MR) is 96.9 cm³/mol. The van der Waals surface area contributed by atoms with Crippen LogP contribution < -0.4 is 5.32 Å². The quantitative estimate of drug-likeness (QED) is 0.610. The average Bonchev–Trinajstić information content (AvgIpc) is 3.18. The monoisotopic (exact) mass is 353 g/mol. The summed E-state index contributed by atoms with van der Waals surface area (Å²) in [6.07, 6.45) is 5.56. The molecular formula is C17H16ClN7. The van der Waals surface area contributed by atoms with E-state index in [2.05, 4.69) is 25.5 Å². The lowest BCUT2D eigenvalue weighted by Crippen LogP contribution is -2.05. The molecule has 1 aromatic carbocycles. The summed E-state index contributed by atoms with van der Waals surface area (Å²) in [5.41, 5.74) is 2.68. The van der Waals surface area contributed by atoms with Gasteiger partial charge in [-0.25, -0.2) is 14.6 Å². The maximum absolute atomic E-state index is 6.10. The fourth-order valence-electron chi connectivity index (χ4n) is 2.70. The molecular weight excluding hydrogens is 338 g/mol. The molecule has 0 radical (unpaired) electrons. The molecule has 4 aromatic rings. The standard InChI is InChI=1S/C17H16ClN7/c1-11-22-16(19-7-12-8-20-24(2)10-12)15-9-21-25(17(15)23-11)14-5-3-4-13(18)6-14/h3-6,8-10H,7H2,1-2H3,(H,19,22,23). The number of anilines is 1. The van der Waals surface area contributed by atoms with Crippen molar-refractivity contribution in [1.29, 1.82) is 0 Å². The van der Waals surface area contributed by atoms with Crippen LogP contribution in [0.15, 0.2) is 42.9 Å². The van der Waals surface area contributed by atoms with Gasteiger partial charge in [0.15, 0.2) is 5.65 Å². The van der Waals surface area contributed by atoms with Crippen LogP contribution in [0.2, 0.25) is 5.02 Å². The Morgan fingerprint density at radius 3 is 2.80 bits per heavy atom. The van der Waals surface area contributed by atoms with Crippen LogP contribution in [0.4, 0.5) is 5.82 Å². The molecule has 126 valence electrons. The van der Waals surface area contributed by atoms with Gasteiger partial charge in [-0.05, 0) is 25.1 Å². The molecule has 0 saturated heterocycles. The summed E-state index contributed by atoms with van der Waals surface area (Å²) in [5.74, 6) is 1.42. The fourth-order valence-corrected chi connectivity index (χ4v) is 2.88. The van der Waals surface area contributed by atoms with E-state index in [1.807, 2.05) is 50.6 Å². The molecule has 25 heavy (non-hydrogen) atoms. The smallest absolute Gasteiger partial charge is 0.168 e. The zero-order valence-corrected chi connectivity index (χ0v) is 14.6. The number of hydrogen-bond acceptors (Lipinski definition) is 5. The van der Waals surface area contributed by atoms with Gasteiger partial charge in [-0.15, -0.1) is 0 Å². The highest BCUT2D eigenvalue weighted by Gasteiger charge is 2.13. The van der Waals surface area contributed by atoms with Crippen LogP contribution >= 0.6 is 11.6 Å². The van der Waals surface area contributed by atoms with E-state index in [4.69, 9.17) is 11.6 Å². The molecule has 0 atom stereocenters. The van der Waals surface area contributed by atoms with Gasteiger partial charge in [0, 0.05) is 30.4 Å². The Bertz CT molecular complexity index is 1050. The first-order chi connectivity index (χ1) is 12.1. The molecule has 0 aliphatic carbocycles. The van der Waals surface area contributed by atoms with Crippen LogP contribution in [0.25, 0.3) is 16.7 Å². The Hall–Kier alpha value is -2.93. The first-order valence-electron chi connectivity index (χ1n) is 7.80. The van der Waals surface area contributed by atoms with Gasteiger partial charge < -0.3 is 5.32 Å². The van der Waals surface area contributed by atoms with Crippen LogP contribution in [0.5, 0.6) is 0 Å². The number of aromatic nitrogens is 6. The molecule has 1 N–H and O–H groups in total. The highest BCUT2D eigenvalue weighted by atomic mass is 35.5. The molecule has 0 bridgehead atoms. The van der Waals surface area contributed by atoms with Crippen molar-refractivity contribution in [2.75, 3.05) is 5.32 Å². The number of nitrogens with zero attached hydrogens (tertiary/aromatic N) is 6. The van der Waals surface area contributed by atoms with Crippen molar-refractivity contribution < 1.29 is 0 Å². The van der Waals surface area contributed by atoms with E-state index in [1.165, 1.54) is 0 Å². The Balaban J connectivity index is 1.73. The van der Waals surface area contributed by atoms with Crippen LogP contribution in [0, 0.1) is 6.92 Å². The lowest BCUT2D eigenvalue weighted by atomic mass is 10.3. The molecule has 0 spiro atoms. The molecule has 0 amide bonds. The van der Waals surface area contributed by atoms with Gasteiger partial charge in [-0.3, -0.25) is 4.68 Å². The summed E-state index contributed by atoms with van der Waals surface area (Å²) in [7, 11) is 1.89. The van der Waals surface area contributed by atoms with Gasteiger partial charge >= 0.3 is 0 Å². The van der Waals surface area contributed by atoms with Gasteiger partial charge in [-0.1, -0.05) is 17.7 Å². The second kappa shape index (κ2) is 6.18. The van der Waals surface area contributed by atoms with E-state index in [0.717, 1.165) is 28.1 Å². The van der Waals surface area contributed by atoms with Crippen LogP contribution in [-0.4, -0.2) is 29.5 Å². The van der Waals surface area contributed by atoms with Crippen molar-refractivity contribution in [3.05, 3.63) is 59.3 Å². The highest BCUT2D eigenvalue weighted by Crippen LogP contribution is 2.24. The maximum Gasteiger partial charge on any atom is 0.168 e. The fraction of sp³-hybridized carbons (Fsp3) is 0.176. The van der Waals surface area contributed by atoms with Crippen LogP contribution in [0.1, 0.15) is 11.4 Å². The molecule has 0 aliphatic rings. The zero-order valence-electron chi connectivity index (χ0n) is 13.8. The lowest BCUT2D eigenvalue weighted by Gasteiger charge is -2.08. The maximum atomic E-state index is 6.10. The highest BCUT2D eigenvalue weighted by molar-refractivity contribution is 6.30. The average molecular weight is 354 g/mol. The van der Waals surface area contributed by atoms with Gasteiger partial charge in [0.25, 0.3) is 0 Å². The first-order valence-corrected chi connectivity index (χ1v) is 8.17. The second-order valence-electron chi connectivity index (χ2n) is 5.77. The van der Waals surface area contributed by atoms with Crippen molar-refractivity contribution in [2.45, 2.75) is 13.5 Å². The topological polar surface area (TPSA) is 73.5 Å². The minimum absolute atomic E-state index is 0.627. The van der Waals surface area contributed by atoms with Gasteiger partial charge in [0.05, 0.1) is 23.5 Å². The molecule has 0 unspecified atom stereocenters. The number of halogens is 1. The summed E-state index contributed by atoms with van der Waals surface area (Å²) < 4.78 is 3.54. The summed E-state index contributed by atoms with van der Waals surface area (Å²) >= 11 is 6.10. The van der Waals surface area contributed by atoms with Crippen molar-refractivity contribution in [2.24, 2.45) is 7.05 Å². The molecule has 7 nitrogen and oxygen atoms in total. The van der Waals surface area contributed by atoms with E-state index in [-0.39, 0.29) is 0 Å². The Kier molecular flexibility index (Phi) is 3.85.